The van der Waals surface area contributed by atoms with Crippen molar-refractivity contribution in [2.75, 3.05) is 26.2 Å². The first-order valence-corrected chi connectivity index (χ1v) is 7.15. The number of nitrogens with two attached hydrogens (primary N) is 1. The maximum atomic E-state index is 8.38. The molecule has 0 spiro atoms. The first-order valence-electron chi connectivity index (χ1n) is 7.15. The van der Waals surface area contributed by atoms with Crippen molar-refractivity contribution >= 4 is 5.84 Å². The molecule has 1 unspecified atom stereocenters. The van der Waals surface area contributed by atoms with Crippen molar-refractivity contribution in [1.29, 1.82) is 0 Å². The van der Waals surface area contributed by atoms with E-state index in [0.29, 0.717) is 12.3 Å². The lowest BCUT2D eigenvalue weighted by atomic mass is 10.0. The highest BCUT2D eigenvalue weighted by Crippen LogP contribution is 2.15. The molecule has 1 fully saturated rings. The molecule has 0 aromatic carbocycles. The number of likely N-dealkylation sites (tertiary alicyclic amines) is 1. The van der Waals surface area contributed by atoms with E-state index in [1.54, 1.807) is 0 Å². The molecule has 0 saturated carbocycles. The molecule has 0 amide bonds. The molecule has 1 heterocycles. The third kappa shape index (κ3) is 6.21. The second-order valence-corrected chi connectivity index (χ2v) is 5.18. The normalized spacial score (nSPS) is 22.3. The van der Waals surface area contributed by atoms with Gasteiger partial charge in [0, 0.05) is 12.5 Å². The minimum atomic E-state index is 0.318. The molecule has 1 atom stereocenters. The van der Waals surface area contributed by atoms with Gasteiger partial charge in [0.25, 0.3) is 0 Å². The molecular weight excluding hydrogens is 228 g/mol. The molecule has 1 aliphatic heterocycles. The summed E-state index contributed by atoms with van der Waals surface area (Å²) in [4.78, 5) is 2.60. The Morgan fingerprint density at radius 3 is 2.89 bits per heavy atom. The van der Waals surface area contributed by atoms with Crippen LogP contribution in [0.3, 0.4) is 0 Å². The van der Waals surface area contributed by atoms with E-state index >= 15 is 0 Å². The number of rotatable bonds is 8. The van der Waals surface area contributed by atoms with Crippen molar-refractivity contribution in [1.82, 2.24) is 10.2 Å². The zero-order valence-corrected chi connectivity index (χ0v) is 11.6. The third-order valence-corrected chi connectivity index (χ3v) is 3.65. The Labute approximate surface area is 110 Å². The summed E-state index contributed by atoms with van der Waals surface area (Å²) >= 11 is 0. The third-order valence-electron chi connectivity index (χ3n) is 3.65. The summed E-state index contributed by atoms with van der Waals surface area (Å²) in [5.74, 6) is 0.318. The SMILES string of the molecule is CC1CCCCN1CCCNCCCC(N)=NO. The van der Waals surface area contributed by atoms with Crippen molar-refractivity contribution in [3.8, 4) is 0 Å². The molecule has 106 valence electrons. The van der Waals surface area contributed by atoms with Crippen molar-refractivity contribution in [2.24, 2.45) is 10.9 Å². The number of amidine groups is 1. The molecule has 4 N–H and O–H groups in total. The molecule has 0 radical (unpaired) electrons. The van der Waals surface area contributed by atoms with Gasteiger partial charge < -0.3 is 21.2 Å². The van der Waals surface area contributed by atoms with E-state index < -0.39 is 0 Å². The molecule has 0 bridgehead atoms. The minimum absolute atomic E-state index is 0.318. The summed E-state index contributed by atoms with van der Waals surface area (Å²) in [6, 6.07) is 0.763. The van der Waals surface area contributed by atoms with Gasteiger partial charge in [0.1, 0.15) is 5.84 Å². The highest BCUT2D eigenvalue weighted by Gasteiger charge is 2.16. The zero-order valence-electron chi connectivity index (χ0n) is 11.6. The Kier molecular flexibility index (Phi) is 7.76. The van der Waals surface area contributed by atoms with Crippen molar-refractivity contribution in [3.63, 3.8) is 0 Å². The molecule has 18 heavy (non-hydrogen) atoms. The van der Waals surface area contributed by atoms with Gasteiger partial charge in [-0.2, -0.15) is 0 Å². The van der Waals surface area contributed by atoms with Gasteiger partial charge >= 0.3 is 0 Å². The lowest BCUT2D eigenvalue weighted by molar-refractivity contribution is 0.159. The fourth-order valence-corrected chi connectivity index (χ4v) is 2.47. The average molecular weight is 256 g/mol. The van der Waals surface area contributed by atoms with Gasteiger partial charge in [0.05, 0.1) is 0 Å². The molecule has 1 saturated heterocycles. The molecule has 0 aliphatic carbocycles. The van der Waals surface area contributed by atoms with Crippen LogP contribution in [0.4, 0.5) is 0 Å². The average Bonchev–Trinajstić information content (AvgIpc) is 2.39. The van der Waals surface area contributed by atoms with Crippen LogP contribution < -0.4 is 11.1 Å². The monoisotopic (exact) mass is 256 g/mol. The number of hydrogen-bond acceptors (Lipinski definition) is 4. The summed E-state index contributed by atoms with van der Waals surface area (Å²) in [6.45, 7) is 6.80. The van der Waals surface area contributed by atoms with Gasteiger partial charge in [-0.1, -0.05) is 11.6 Å². The quantitative estimate of drug-likeness (QED) is 0.202. The molecular formula is C13H28N4O. The van der Waals surface area contributed by atoms with Gasteiger partial charge in [0.2, 0.25) is 0 Å². The van der Waals surface area contributed by atoms with E-state index in [9.17, 15) is 0 Å². The first-order chi connectivity index (χ1) is 8.74. The number of nitrogens with one attached hydrogen (secondary N) is 1. The van der Waals surface area contributed by atoms with Gasteiger partial charge in [-0.25, -0.2) is 0 Å². The van der Waals surface area contributed by atoms with Crippen LogP contribution in [0.25, 0.3) is 0 Å². The van der Waals surface area contributed by atoms with Crippen LogP contribution in [0.15, 0.2) is 5.16 Å². The van der Waals surface area contributed by atoms with Gasteiger partial charge in [-0.3, -0.25) is 0 Å². The van der Waals surface area contributed by atoms with E-state index in [1.165, 1.54) is 38.8 Å². The Balaban J connectivity index is 1.92. The van der Waals surface area contributed by atoms with E-state index in [1.807, 2.05) is 0 Å². The summed E-state index contributed by atoms with van der Waals surface area (Å²) in [5, 5.41) is 14.7. The second-order valence-electron chi connectivity index (χ2n) is 5.18. The Bertz CT molecular complexity index is 245. The van der Waals surface area contributed by atoms with Crippen molar-refractivity contribution in [2.45, 2.75) is 51.5 Å². The summed E-state index contributed by atoms with van der Waals surface area (Å²) in [5.41, 5.74) is 5.39. The number of oxime groups is 1. The predicted octanol–water partition coefficient (Wildman–Crippen LogP) is 1.37. The molecule has 0 aromatic rings. The fraction of sp³-hybridized carbons (Fsp3) is 0.923. The summed E-state index contributed by atoms with van der Waals surface area (Å²) in [7, 11) is 0. The Morgan fingerprint density at radius 2 is 2.17 bits per heavy atom. The molecule has 5 heteroatoms. The first kappa shape index (κ1) is 15.2. The molecule has 1 rings (SSSR count). The van der Waals surface area contributed by atoms with Crippen LogP contribution in [-0.4, -0.2) is 48.2 Å². The zero-order chi connectivity index (χ0) is 13.2. The predicted molar refractivity (Wildman–Crippen MR) is 75.0 cm³/mol. The van der Waals surface area contributed by atoms with E-state index in [0.717, 1.165) is 25.6 Å². The highest BCUT2D eigenvalue weighted by molar-refractivity contribution is 5.79. The number of piperidine rings is 1. The van der Waals surface area contributed by atoms with Crippen LogP contribution in [0, 0.1) is 0 Å². The van der Waals surface area contributed by atoms with E-state index in [2.05, 4.69) is 22.3 Å². The van der Waals surface area contributed by atoms with Crippen LogP contribution in [-0.2, 0) is 0 Å². The Hall–Kier alpha value is -0.810. The standard InChI is InChI=1S/C13H28N4O/c1-12-6-2-3-10-17(12)11-5-9-15-8-4-7-13(14)16-18/h12,15,18H,2-11H2,1H3,(H2,14,16). The molecule has 0 aromatic heterocycles. The largest absolute Gasteiger partial charge is 0.409 e. The molecule has 1 aliphatic rings. The van der Waals surface area contributed by atoms with Crippen LogP contribution >= 0.6 is 0 Å². The topological polar surface area (TPSA) is 73.9 Å². The fourth-order valence-electron chi connectivity index (χ4n) is 2.47. The van der Waals surface area contributed by atoms with Crippen molar-refractivity contribution in [3.05, 3.63) is 0 Å². The van der Waals surface area contributed by atoms with Gasteiger partial charge in [0.15, 0.2) is 0 Å². The van der Waals surface area contributed by atoms with E-state index in [-0.39, 0.29) is 0 Å². The van der Waals surface area contributed by atoms with Crippen molar-refractivity contribution < 1.29 is 5.21 Å². The lowest BCUT2D eigenvalue weighted by Crippen LogP contribution is -2.38. The summed E-state index contributed by atoms with van der Waals surface area (Å²) < 4.78 is 0. The highest BCUT2D eigenvalue weighted by atomic mass is 16.4. The lowest BCUT2D eigenvalue weighted by Gasteiger charge is -2.33. The van der Waals surface area contributed by atoms with Crippen LogP contribution in [0.1, 0.15) is 45.4 Å². The Morgan fingerprint density at radius 1 is 1.39 bits per heavy atom. The summed E-state index contributed by atoms with van der Waals surface area (Å²) in [6.07, 6.45) is 6.89. The second kappa shape index (κ2) is 9.16. The van der Waals surface area contributed by atoms with Crippen LogP contribution in [0.2, 0.25) is 0 Å². The minimum Gasteiger partial charge on any atom is -0.409 e. The maximum Gasteiger partial charge on any atom is 0.139 e. The van der Waals surface area contributed by atoms with Crippen LogP contribution in [0.5, 0.6) is 0 Å². The number of nitrogens with zero attached hydrogens (tertiary/aromatic N) is 2. The molecule has 5 nitrogen and oxygen atoms in total. The maximum absolute atomic E-state index is 8.38. The van der Waals surface area contributed by atoms with Gasteiger partial charge in [-0.15, -0.1) is 0 Å². The smallest absolute Gasteiger partial charge is 0.139 e. The van der Waals surface area contributed by atoms with Gasteiger partial charge in [-0.05, 0) is 58.8 Å². The van der Waals surface area contributed by atoms with E-state index in [4.69, 9.17) is 10.9 Å². The number of hydrogen-bond donors (Lipinski definition) is 3.